The van der Waals surface area contributed by atoms with Crippen LogP contribution in [0.5, 0.6) is 0 Å². The molecule has 21 heavy (non-hydrogen) atoms. The molecule has 108 valence electrons. The summed E-state index contributed by atoms with van der Waals surface area (Å²) < 4.78 is 28.3. The molecule has 0 amide bonds. The van der Waals surface area contributed by atoms with Crippen LogP contribution >= 0.6 is 11.3 Å². The van der Waals surface area contributed by atoms with Gasteiger partial charge in [-0.05, 0) is 37.3 Å². The number of rotatable bonds is 3. The van der Waals surface area contributed by atoms with Crippen molar-refractivity contribution in [3.63, 3.8) is 0 Å². The monoisotopic (exact) mass is 319 g/mol. The van der Waals surface area contributed by atoms with Crippen molar-refractivity contribution >= 4 is 43.0 Å². The molecule has 0 unspecified atom stereocenters. The minimum absolute atomic E-state index is 0.0690. The zero-order valence-corrected chi connectivity index (χ0v) is 12.8. The molecule has 1 heterocycles. The Kier molecular flexibility index (Phi) is 3.30. The smallest absolute Gasteiger partial charge is 0.263 e. The average Bonchev–Trinajstić information content (AvgIpc) is 2.78. The second-order valence-electron chi connectivity index (χ2n) is 4.56. The van der Waals surface area contributed by atoms with E-state index in [1.165, 1.54) is 6.07 Å². The molecule has 7 heteroatoms. The normalized spacial score (nSPS) is 11.7. The van der Waals surface area contributed by atoms with Crippen molar-refractivity contribution in [3.8, 4) is 0 Å². The van der Waals surface area contributed by atoms with Gasteiger partial charge in [-0.3, -0.25) is 4.72 Å². The summed E-state index contributed by atoms with van der Waals surface area (Å²) in [6.07, 6.45) is 0. The maximum atomic E-state index is 12.4. The summed E-state index contributed by atoms with van der Waals surface area (Å²) in [7, 11) is -3.71. The zero-order chi connectivity index (χ0) is 15.0. The van der Waals surface area contributed by atoms with Crippen molar-refractivity contribution in [2.24, 2.45) is 0 Å². The van der Waals surface area contributed by atoms with Crippen LogP contribution in [0.1, 0.15) is 5.01 Å². The van der Waals surface area contributed by atoms with E-state index in [0.29, 0.717) is 5.69 Å². The molecule has 2 aromatic carbocycles. The van der Waals surface area contributed by atoms with E-state index in [2.05, 4.69) is 9.71 Å². The fourth-order valence-corrected chi connectivity index (χ4v) is 4.03. The fraction of sp³-hybridized carbons (Fsp3) is 0.0714. The van der Waals surface area contributed by atoms with Gasteiger partial charge in [0.05, 0.1) is 26.6 Å². The van der Waals surface area contributed by atoms with E-state index in [9.17, 15) is 8.42 Å². The Morgan fingerprint density at radius 3 is 2.71 bits per heavy atom. The van der Waals surface area contributed by atoms with Crippen LogP contribution in [0.2, 0.25) is 0 Å². The topological polar surface area (TPSA) is 85.1 Å². The number of benzene rings is 2. The van der Waals surface area contributed by atoms with Crippen molar-refractivity contribution in [1.29, 1.82) is 0 Å². The highest BCUT2D eigenvalue weighted by Gasteiger charge is 2.17. The molecular formula is C14H13N3O2S2. The molecule has 0 aliphatic rings. The van der Waals surface area contributed by atoms with E-state index >= 15 is 0 Å². The highest BCUT2D eigenvalue weighted by atomic mass is 32.2. The van der Waals surface area contributed by atoms with Gasteiger partial charge < -0.3 is 5.73 Å². The van der Waals surface area contributed by atoms with Crippen LogP contribution < -0.4 is 10.5 Å². The van der Waals surface area contributed by atoms with E-state index in [-0.39, 0.29) is 10.6 Å². The van der Waals surface area contributed by atoms with Gasteiger partial charge in [0.15, 0.2) is 0 Å². The minimum Gasteiger partial charge on any atom is -0.398 e. The molecule has 0 spiro atoms. The van der Waals surface area contributed by atoms with Crippen LogP contribution in [0, 0.1) is 6.92 Å². The van der Waals surface area contributed by atoms with Crippen molar-refractivity contribution in [1.82, 2.24) is 4.98 Å². The lowest BCUT2D eigenvalue weighted by Crippen LogP contribution is -2.14. The van der Waals surface area contributed by atoms with E-state index in [1.54, 1.807) is 41.7 Å². The number of aryl methyl sites for hydroxylation is 1. The average molecular weight is 319 g/mol. The van der Waals surface area contributed by atoms with Crippen LogP contribution in [-0.2, 0) is 10.0 Å². The summed E-state index contributed by atoms with van der Waals surface area (Å²) in [5, 5.41) is 0.942. The number of sulfonamides is 1. The molecule has 0 aliphatic heterocycles. The zero-order valence-electron chi connectivity index (χ0n) is 11.2. The quantitative estimate of drug-likeness (QED) is 0.727. The Bertz CT molecular complexity index is 917. The van der Waals surface area contributed by atoms with Gasteiger partial charge in [-0.25, -0.2) is 13.4 Å². The van der Waals surface area contributed by atoms with Crippen molar-refractivity contribution in [3.05, 3.63) is 47.5 Å². The minimum atomic E-state index is -3.71. The van der Waals surface area contributed by atoms with E-state index in [1.807, 2.05) is 13.0 Å². The number of anilines is 2. The summed E-state index contributed by atoms with van der Waals surface area (Å²) in [6.45, 7) is 1.92. The van der Waals surface area contributed by atoms with Crippen LogP contribution in [0.3, 0.4) is 0 Å². The van der Waals surface area contributed by atoms with Gasteiger partial charge in [-0.15, -0.1) is 11.3 Å². The van der Waals surface area contributed by atoms with Crippen LogP contribution in [0.15, 0.2) is 47.4 Å². The lowest BCUT2D eigenvalue weighted by Gasteiger charge is -2.09. The summed E-state index contributed by atoms with van der Waals surface area (Å²) >= 11 is 1.57. The van der Waals surface area contributed by atoms with Crippen molar-refractivity contribution in [2.75, 3.05) is 10.5 Å². The molecule has 5 nitrogen and oxygen atoms in total. The maximum Gasteiger partial charge on any atom is 0.263 e. The van der Waals surface area contributed by atoms with E-state index in [4.69, 9.17) is 5.73 Å². The van der Waals surface area contributed by atoms with Gasteiger partial charge in [0.1, 0.15) is 4.90 Å². The van der Waals surface area contributed by atoms with Crippen molar-refractivity contribution in [2.45, 2.75) is 11.8 Å². The van der Waals surface area contributed by atoms with Gasteiger partial charge in [0.25, 0.3) is 10.0 Å². The number of hydrogen-bond donors (Lipinski definition) is 2. The number of para-hydroxylation sites is 1. The van der Waals surface area contributed by atoms with Gasteiger partial charge in [0.2, 0.25) is 0 Å². The molecule has 0 radical (unpaired) electrons. The number of nitrogens with one attached hydrogen (secondary N) is 1. The van der Waals surface area contributed by atoms with Gasteiger partial charge in [-0.2, -0.15) is 0 Å². The third kappa shape index (κ3) is 2.70. The van der Waals surface area contributed by atoms with Crippen LogP contribution in [0.4, 0.5) is 11.4 Å². The molecule has 3 aromatic rings. The number of nitrogen functional groups attached to an aromatic ring is 1. The molecule has 0 aliphatic carbocycles. The SMILES string of the molecule is Cc1nc2cc(NS(=O)(=O)c3ccccc3N)ccc2s1. The van der Waals surface area contributed by atoms with Crippen molar-refractivity contribution < 1.29 is 8.42 Å². The first-order valence-corrected chi connectivity index (χ1v) is 8.50. The third-order valence-electron chi connectivity index (χ3n) is 2.96. The summed E-state index contributed by atoms with van der Waals surface area (Å²) in [5.41, 5.74) is 7.19. The largest absolute Gasteiger partial charge is 0.398 e. The molecule has 0 saturated heterocycles. The second-order valence-corrected chi connectivity index (χ2v) is 7.44. The Labute approximate surface area is 126 Å². The summed E-state index contributed by atoms with van der Waals surface area (Å²) in [5.74, 6) is 0. The molecule has 3 N–H and O–H groups in total. The molecule has 0 fully saturated rings. The Morgan fingerprint density at radius 1 is 1.19 bits per heavy atom. The van der Waals surface area contributed by atoms with Gasteiger partial charge >= 0.3 is 0 Å². The Morgan fingerprint density at radius 2 is 1.95 bits per heavy atom. The first kappa shape index (κ1) is 13.8. The lowest BCUT2D eigenvalue weighted by molar-refractivity contribution is 0.601. The fourth-order valence-electron chi connectivity index (χ4n) is 2.04. The number of fused-ring (bicyclic) bond motifs is 1. The van der Waals surface area contributed by atoms with Gasteiger partial charge in [0, 0.05) is 0 Å². The first-order chi connectivity index (χ1) is 9.95. The second kappa shape index (κ2) is 5.01. The standard InChI is InChI=1S/C14H13N3O2S2/c1-9-16-12-8-10(6-7-13(12)20-9)17-21(18,19)14-5-3-2-4-11(14)15/h2-8,17H,15H2,1H3. The first-order valence-electron chi connectivity index (χ1n) is 6.20. The molecule has 0 saturated carbocycles. The predicted octanol–water partition coefficient (Wildman–Crippen LogP) is 2.99. The molecule has 1 aromatic heterocycles. The van der Waals surface area contributed by atoms with Crippen LogP contribution in [-0.4, -0.2) is 13.4 Å². The Hall–Kier alpha value is -2.12. The molecule has 0 atom stereocenters. The van der Waals surface area contributed by atoms with Crippen LogP contribution in [0.25, 0.3) is 10.2 Å². The maximum absolute atomic E-state index is 12.4. The van der Waals surface area contributed by atoms with E-state index < -0.39 is 10.0 Å². The number of thiazole rings is 1. The number of nitrogens with zero attached hydrogens (tertiary/aromatic N) is 1. The highest BCUT2D eigenvalue weighted by molar-refractivity contribution is 7.92. The predicted molar refractivity (Wildman–Crippen MR) is 86.0 cm³/mol. The van der Waals surface area contributed by atoms with Gasteiger partial charge in [-0.1, -0.05) is 12.1 Å². The summed E-state index contributed by atoms with van der Waals surface area (Å²) in [4.78, 5) is 4.42. The molecule has 0 bridgehead atoms. The molecular weight excluding hydrogens is 306 g/mol. The third-order valence-corrected chi connectivity index (χ3v) is 5.36. The highest BCUT2D eigenvalue weighted by Crippen LogP contribution is 2.26. The summed E-state index contributed by atoms with van der Waals surface area (Å²) in [6, 6.07) is 11.7. The lowest BCUT2D eigenvalue weighted by atomic mass is 10.3. The van der Waals surface area contributed by atoms with E-state index in [0.717, 1.165) is 15.2 Å². The molecule has 3 rings (SSSR count). The number of aromatic nitrogens is 1. The number of hydrogen-bond acceptors (Lipinski definition) is 5. The number of nitrogens with two attached hydrogens (primary N) is 1. The Balaban J connectivity index is 1.99.